The van der Waals surface area contributed by atoms with Crippen molar-refractivity contribution in [1.29, 1.82) is 0 Å². The SMILES string of the molecule is C#CCOc1c(/C=C2/SC(=O)N(CC(=O)Nc3ccc(OC)c(Cl)c3)C2=O)cc(Br)cc1OC. The van der Waals surface area contributed by atoms with E-state index in [1.165, 1.54) is 26.4 Å². The number of anilines is 1. The molecule has 34 heavy (non-hydrogen) atoms. The van der Waals surface area contributed by atoms with E-state index in [1.807, 2.05) is 0 Å². The minimum Gasteiger partial charge on any atom is -0.495 e. The molecule has 1 aliphatic heterocycles. The highest BCUT2D eigenvalue weighted by atomic mass is 79.9. The number of amides is 3. The maximum atomic E-state index is 12.9. The third-order valence-corrected chi connectivity index (χ3v) is 6.13. The molecule has 3 rings (SSSR count). The van der Waals surface area contributed by atoms with Gasteiger partial charge in [0.2, 0.25) is 5.91 Å². The van der Waals surface area contributed by atoms with E-state index in [9.17, 15) is 14.4 Å². The van der Waals surface area contributed by atoms with Crippen molar-refractivity contribution in [2.45, 2.75) is 0 Å². The van der Waals surface area contributed by atoms with Crippen molar-refractivity contribution in [3.05, 3.63) is 50.3 Å². The summed E-state index contributed by atoms with van der Waals surface area (Å²) in [5.74, 6) is 2.37. The molecule has 2 aromatic rings. The number of halogens is 2. The second-order valence-corrected chi connectivity index (χ2v) is 9.00. The Bertz CT molecular complexity index is 1230. The smallest absolute Gasteiger partial charge is 0.294 e. The van der Waals surface area contributed by atoms with Crippen LogP contribution in [0.1, 0.15) is 5.56 Å². The van der Waals surface area contributed by atoms with Crippen molar-refractivity contribution >= 4 is 68.1 Å². The molecule has 0 saturated carbocycles. The molecule has 176 valence electrons. The Morgan fingerprint density at radius 1 is 1.24 bits per heavy atom. The van der Waals surface area contributed by atoms with E-state index in [-0.39, 0.29) is 11.5 Å². The standard InChI is InChI=1S/C23H18BrClN2O6S/c1-4-7-33-21-13(8-14(24)10-18(21)32-3)9-19-22(29)27(23(30)34-19)12-20(28)26-15-5-6-17(31-2)16(25)11-15/h1,5-6,8-11H,7,12H2,2-3H3,(H,26,28)/b19-9+. The van der Waals surface area contributed by atoms with Gasteiger partial charge in [0.25, 0.3) is 11.1 Å². The molecule has 1 heterocycles. The summed E-state index contributed by atoms with van der Waals surface area (Å²) in [7, 11) is 2.94. The molecule has 0 aromatic heterocycles. The van der Waals surface area contributed by atoms with E-state index in [0.29, 0.717) is 49.8 Å². The van der Waals surface area contributed by atoms with Crippen LogP contribution < -0.4 is 19.5 Å². The van der Waals surface area contributed by atoms with Crippen LogP contribution >= 0.6 is 39.3 Å². The summed E-state index contributed by atoms with van der Waals surface area (Å²) in [6, 6.07) is 8.07. The van der Waals surface area contributed by atoms with Crippen molar-refractivity contribution in [1.82, 2.24) is 4.90 Å². The Balaban J connectivity index is 1.79. The molecule has 0 radical (unpaired) electrons. The van der Waals surface area contributed by atoms with E-state index in [1.54, 1.807) is 24.3 Å². The topological polar surface area (TPSA) is 94.2 Å². The van der Waals surface area contributed by atoms with Crippen LogP contribution in [0.25, 0.3) is 6.08 Å². The van der Waals surface area contributed by atoms with Gasteiger partial charge in [-0.2, -0.15) is 0 Å². The molecule has 8 nitrogen and oxygen atoms in total. The summed E-state index contributed by atoms with van der Waals surface area (Å²) in [5, 5.41) is 2.34. The largest absolute Gasteiger partial charge is 0.495 e. The van der Waals surface area contributed by atoms with Gasteiger partial charge in [-0.1, -0.05) is 33.5 Å². The summed E-state index contributed by atoms with van der Waals surface area (Å²) in [6.45, 7) is -0.482. The van der Waals surface area contributed by atoms with Crippen LogP contribution in [0.5, 0.6) is 17.2 Å². The summed E-state index contributed by atoms with van der Waals surface area (Å²) in [6.07, 6.45) is 6.78. The number of carbonyl (C=O) groups excluding carboxylic acids is 3. The third kappa shape index (κ3) is 5.86. The van der Waals surface area contributed by atoms with Gasteiger partial charge in [-0.05, 0) is 48.2 Å². The van der Waals surface area contributed by atoms with Gasteiger partial charge in [-0.25, -0.2) is 0 Å². The van der Waals surface area contributed by atoms with Crippen LogP contribution in [0.2, 0.25) is 5.02 Å². The fourth-order valence-corrected chi connectivity index (χ4v) is 4.52. The van der Waals surface area contributed by atoms with Gasteiger partial charge in [0.05, 0.1) is 24.1 Å². The number of carbonyl (C=O) groups is 3. The first kappa shape index (κ1) is 25.5. The molecule has 0 unspecified atom stereocenters. The Morgan fingerprint density at radius 2 is 1.97 bits per heavy atom. The number of imide groups is 1. The first-order chi connectivity index (χ1) is 16.3. The van der Waals surface area contributed by atoms with Crippen LogP contribution in [-0.2, 0) is 9.59 Å². The van der Waals surface area contributed by atoms with Gasteiger partial charge >= 0.3 is 0 Å². The molecule has 1 N–H and O–H groups in total. The summed E-state index contributed by atoms with van der Waals surface area (Å²) < 4.78 is 16.7. The quantitative estimate of drug-likeness (QED) is 0.363. The average molecular weight is 566 g/mol. The molecule has 0 spiro atoms. The summed E-state index contributed by atoms with van der Waals surface area (Å²) in [5.41, 5.74) is 0.874. The predicted octanol–water partition coefficient (Wildman–Crippen LogP) is 4.81. The van der Waals surface area contributed by atoms with Gasteiger partial charge in [0, 0.05) is 15.7 Å². The molecule has 2 aromatic carbocycles. The molecule has 1 saturated heterocycles. The Kier molecular flexibility index (Phi) is 8.50. The Labute approximate surface area is 213 Å². The number of nitrogens with zero attached hydrogens (tertiary/aromatic N) is 1. The van der Waals surface area contributed by atoms with E-state index >= 15 is 0 Å². The molecule has 0 atom stereocenters. The van der Waals surface area contributed by atoms with Crippen LogP contribution in [-0.4, -0.2) is 49.3 Å². The first-order valence-electron chi connectivity index (χ1n) is 9.60. The number of thioether (sulfide) groups is 1. The van der Waals surface area contributed by atoms with Crippen LogP contribution in [0.15, 0.2) is 39.7 Å². The molecule has 1 fully saturated rings. The Hall–Kier alpha value is -3.13. The van der Waals surface area contributed by atoms with Gasteiger partial charge < -0.3 is 19.5 Å². The van der Waals surface area contributed by atoms with E-state index in [4.69, 9.17) is 32.2 Å². The van der Waals surface area contributed by atoms with Gasteiger partial charge in [-0.15, -0.1) is 6.42 Å². The molecular weight excluding hydrogens is 548 g/mol. The van der Waals surface area contributed by atoms with E-state index < -0.39 is 23.6 Å². The highest BCUT2D eigenvalue weighted by Gasteiger charge is 2.36. The predicted molar refractivity (Wildman–Crippen MR) is 134 cm³/mol. The lowest BCUT2D eigenvalue weighted by atomic mass is 10.1. The maximum absolute atomic E-state index is 12.9. The van der Waals surface area contributed by atoms with Crippen molar-refractivity contribution in [3.63, 3.8) is 0 Å². The summed E-state index contributed by atoms with van der Waals surface area (Å²) >= 11 is 10.2. The van der Waals surface area contributed by atoms with Crippen molar-refractivity contribution in [2.75, 3.05) is 32.7 Å². The van der Waals surface area contributed by atoms with Crippen molar-refractivity contribution in [3.8, 4) is 29.6 Å². The fourth-order valence-electron chi connectivity index (χ4n) is 2.98. The number of terminal acetylenes is 1. The average Bonchev–Trinajstić information content (AvgIpc) is 3.05. The number of benzene rings is 2. The zero-order chi connectivity index (χ0) is 24.8. The third-order valence-electron chi connectivity index (χ3n) is 4.47. The number of hydrogen-bond acceptors (Lipinski definition) is 7. The van der Waals surface area contributed by atoms with E-state index in [0.717, 1.165) is 4.90 Å². The maximum Gasteiger partial charge on any atom is 0.294 e. The fraction of sp³-hybridized carbons (Fsp3) is 0.174. The van der Waals surface area contributed by atoms with Gasteiger partial charge in [0.1, 0.15) is 18.9 Å². The number of hydrogen-bond donors (Lipinski definition) is 1. The minimum absolute atomic E-state index is 0.0180. The highest BCUT2D eigenvalue weighted by molar-refractivity contribution is 9.10. The number of rotatable bonds is 8. The number of nitrogens with one attached hydrogen (secondary N) is 1. The lowest BCUT2D eigenvalue weighted by Gasteiger charge is -2.14. The second-order valence-electron chi connectivity index (χ2n) is 6.68. The second kappa shape index (κ2) is 11.3. The molecule has 3 amide bonds. The Morgan fingerprint density at radius 3 is 2.62 bits per heavy atom. The first-order valence-corrected chi connectivity index (χ1v) is 11.6. The zero-order valence-electron chi connectivity index (χ0n) is 18.0. The van der Waals surface area contributed by atoms with Crippen LogP contribution in [0.4, 0.5) is 10.5 Å². The molecule has 0 bridgehead atoms. The molecular formula is C23H18BrClN2O6S. The molecule has 1 aliphatic rings. The molecule has 11 heteroatoms. The lowest BCUT2D eigenvalue weighted by Crippen LogP contribution is -2.36. The van der Waals surface area contributed by atoms with Crippen molar-refractivity contribution in [2.24, 2.45) is 0 Å². The van der Waals surface area contributed by atoms with E-state index in [2.05, 4.69) is 27.2 Å². The van der Waals surface area contributed by atoms with Crippen LogP contribution in [0, 0.1) is 12.3 Å². The van der Waals surface area contributed by atoms with Crippen molar-refractivity contribution < 1.29 is 28.6 Å². The monoisotopic (exact) mass is 564 g/mol. The van der Waals surface area contributed by atoms with Gasteiger partial charge in [-0.3, -0.25) is 19.3 Å². The minimum atomic E-state index is -0.611. The summed E-state index contributed by atoms with van der Waals surface area (Å²) in [4.78, 5) is 38.8. The van der Waals surface area contributed by atoms with Gasteiger partial charge in [0.15, 0.2) is 11.5 Å². The number of ether oxygens (including phenoxy) is 3. The number of methoxy groups -OCH3 is 2. The normalized spacial score (nSPS) is 14.2. The zero-order valence-corrected chi connectivity index (χ0v) is 21.2. The molecule has 0 aliphatic carbocycles. The van der Waals surface area contributed by atoms with Crippen LogP contribution in [0.3, 0.4) is 0 Å². The lowest BCUT2D eigenvalue weighted by molar-refractivity contribution is -0.127. The highest BCUT2D eigenvalue weighted by Crippen LogP contribution is 2.39.